The first kappa shape index (κ1) is 24.5. The number of aryl methyl sites for hydroxylation is 4. The van der Waals surface area contributed by atoms with Crippen LogP contribution in [0.2, 0.25) is 0 Å². The van der Waals surface area contributed by atoms with Crippen LogP contribution in [0.25, 0.3) is 0 Å². The number of nitrogen functional groups attached to an aromatic ring is 2. The number of nitrogens with zero attached hydrogens (tertiary/aromatic N) is 2. The Kier molecular flexibility index (Phi) is 12.0. The Balaban J connectivity index is -0.000000329. The SMILES string of the molecule is Cc1cc(N)cc(C)c1C#N.Cc1cc(N)cc(C)c1I.[2HH].[C-]#N.[Cu+]. The van der Waals surface area contributed by atoms with Crippen LogP contribution in [0.1, 0.15) is 29.2 Å². The Morgan fingerprint density at radius 1 is 0.875 bits per heavy atom. The smallest absolute Gasteiger partial charge is 0.512 e. The van der Waals surface area contributed by atoms with Gasteiger partial charge in [0.25, 0.3) is 0 Å². The summed E-state index contributed by atoms with van der Waals surface area (Å²) < 4.78 is 1.31. The molecule has 4 N–H and O–H groups in total. The van der Waals surface area contributed by atoms with Crippen molar-refractivity contribution in [3.8, 4) is 6.07 Å². The van der Waals surface area contributed by atoms with Gasteiger partial charge in [0.05, 0.1) is 11.6 Å². The molecular formula is C18H22CuIN4. The van der Waals surface area contributed by atoms with Crippen molar-refractivity contribution < 1.29 is 18.5 Å². The fraction of sp³-hybridized carbons (Fsp3) is 0.222. The van der Waals surface area contributed by atoms with Crippen molar-refractivity contribution in [2.75, 3.05) is 11.5 Å². The number of benzene rings is 2. The van der Waals surface area contributed by atoms with Gasteiger partial charge >= 0.3 is 17.1 Å². The van der Waals surface area contributed by atoms with Gasteiger partial charge in [-0.1, -0.05) is 0 Å². The first-order valence-electron chi connectivity index (χ1n) is 6.77. The Morgan fingerprint density at radius 3 is 1.46 bits per heavy atom. The second-order valence-electron chi connectivity index (χ2n) is 5.11. The molecule has 0 amide bonds. The maximum Gasteiger partial charge on any atom is 1.00 e. The number of halogens is 1. The molecule has 132 valence electrons. The number of nitrogens with two attached hydrogens (primary N) is 2. The van der Waals surface area contributed by atoms with Gasteiger partial charge in [-0.15, -0.1) is 0 Å². The average molecular weight is 486 g/mol. The van der Waals surface area contributed by atoms with Crippen LogP contribution in [0.3, 0.4) is 0 Å². The number of nitriles is 1. The molecule has 2 rings (SSSR count). The number of hydrogen-bond donors (Lipinski definition) is 2. The average Bonchev–Trinajstić information content (AvgIpc) is 2.47. The van der Waals surface area contributed by atoms with Crippen molar-refractivity contribution in [3.63, 3.8) is 0 Å². The number of rotatable bonds is 0. The molecule has 0 bridgehead atoms. The van der Waals surface area contributed by atoms with Crippen LogP contribution >= 0.6 is 22.6 Å². The molecule has 0 spiro atoms. The van der Waals surface area contributed by atoms with E-state index in [1.807, 2.05) is 38.1 Å². The topological polar surface area (TPSA) is 99.6 Å². The molecule has 0 aromatic heterocycles. The predicted molar refractivity (Wildman–Crippen MR) is 105 cm³/mol. The minimum Gasteiger partial charge on any atom is -0.512 e. The number of hydrogen-bond acceptors (Lipinski definition) is 4. The van der Waals surface area contributed by atoms with Gasteiger partial charge in [0, 0.05) is 16.4 Å². The molecule has 0 saturated heterocycles. The van der Waals surface area contributed by atoms with E-state index in [1.54, 1.807) is 0 Å². The van der Waals surface area contributed by atoms with Crippen molar-refractivity contribution in [3.05, 3.63) is 62.2 Å². The zero-order valence-electron chi connectivity index (χ0n) is 14.0. The van der Waals surface area contributed by atoms with E-state index in [4.69, 9.17) is 28.6 Å². The van der Waals surface area contributed by atoms with Gasteiger partial charge in [0.15, 0.2) is 0 Å². The molecular weight excluding hydrogens is 463 g/mol. The monoisotopic (exact) mass is 485 g/mol. The standard InChI is InChI=1S/C9H10N2.C8H10IN.CN.Cu.H2/c1-6-3-8(11)4-7(2)9(6)5-10;1-5-3-7(10)4-6(2)8(5)9;1-2;;/h3-4H,11H2,1-2H3;3-4H,10H2,1-2H3;;;1H/q;;-1;+1;/i;;;;1+1. The maximum absolute atomic E-state index is 8.70. The van der Waals surface area contributed by atoms with Crippen LogP contribution in [0.4, 0.5) is 11.4 Å². The van der Waals surface area contributed by atoms with Crippen molar-refractivity contribution in [1.82, 2.24) is 0 Å². The summed E-state index contributed by atoms with van der Waals surface area (Å²) in [7, 11) is 0. The van der Waals surface area contributed by atoms with E-state index in [0.717, 1.165) is 28.1 Å². The first-order chi connectivity index (χ1) is 10.8. The quantitative estimate of drug-likeness (QED) is 0.247. The molecule has 0 fully saturated rings. The van der Waals surface area contributed by atoms with Gasteiger partial charge < -0.3 is 23.3 Å². The van der Waals surface area contributed by atoms with Gasteiger partial charge in [-0.25, -0.2) is 0 Å². The summed E-state index contributed by atoms with van der Waals surface area (Å²) in [6, 6.07) is 9.75. The van der Waals surface area contributed by atoms with E-state index < -0.39 is 0 Å². The minimum atomic E-state index is 0. The number of anilines is 2. The molecule has 0 heterocycles. The van der Waals surface area contributed by atoms with Crippen LogP contribution in [0, 0.1) is 54.4 Å². The zero-order valence-corrected chi connectivity index (χ0v) is 17.1. The Labute approximate surface area is 169 Å². The summed E-state index contributed by atoms with van der Waals surface area (Å²) in [5, 5.41) is 14.9. The van der Waals surface area contributed by atoms with Crippen molar-refractivity contribution in [1.29, 1.82) is 10.5 Å². The minimum absolute atomic E-state index is 0. The van der Waals surface area contributed by atoms with E-state index in [0.29, 0.717) is 0 Å². The third-order valence-corrected chi connectivity index (χ3v) is 4.83. The van der Waals surface area contributed by atoms with E-state index in [2.05, 4.69) is 42.5 Å². The summed E-state index contributed by atoms with van der Waals surface area (Å²) in [5.74, 6) is 0. The Hall–Kier alpha value is -1.73. The molecule has 2 aromatic carbocycles. The predicted octanol–water partition coefficient (Wildman–Crippen LogP) is 4.59. The molecule has 0 aliphatic carbocycles. The Bertz CT molecular complexity index is 708. The van der Waals surface area contributed by atoms with Gasteiger partial charge in [-0.05, 0) is 96.8 Å². The molecule has 24 heavy (non-hydrogen) atoms. The van der Waals surface area contributed by atoms with Gasteiger partial charge in [-0.2, -0.15) is 5.26 Å². The van der Waals surface area contributed by atoms with Crippen LogP contribution in [-0.2, 0) is 17.1 Å². The van der Waals surface area contributed by atoms with E-state index in [9.17, 15) is 0 Å². The molecule has 0 unspecified atom stereocenters. The first-order valence-corrected chi connectivity index (χ1v) is 7.85. The molecule has 0 aliphatic heterocycles. The Morgan fingerprint density at radius 2 is 1.17 bits per heavy atom. The fourth-order valence-corrected chi connectivity index (χ4v) is 2.46. The third kappa shape index (κ3) is 7.23. The third-order valence-electron chi connectivity index (χ3n) is 3.13. The zero-order chi connectivity index (χ0) is 18.2. The summed E-state index contributed by atoms with van der Waals surface area (Å²) in [6.07, 6.45) is 0. The fourth-order valence-electron chi connectivity index (χ4n) is 2.15. The summed E-state index contributed by atoms with van der Waals surface area (Å²) >= 11 is 2.33. The summed E-state index contributed by atoms with van der Waals surface area (Å²) in [6.45, 7) is 12.7. The van der Waals surface area contributed by atoms with E-state index >= 15 is 0 Å². The second kappa shape index (κ2) is 11.8. The maximum atomic E-state index is 8.70. The van der Waals surface area contributed by atoms with Crippen LogP contribution in [-0.4, -0.2) is 0 Å². The summed E-state index contributed by atoms with van der Waals surface area (Å²) in [5.41, 5.74) is 17.9. The molecule has 2 aromatic rings. The van der Waals surface area contributed by atoms with Gasteiger partial charge in [-0.3, -0.25) is 0 Å². The molecule has 0 saturated carbocycles. The van der Waals surface area contributed by atoms with Gasteiger partial charge in [0.2, 0.25) is 0 Å². The normalized spacial score (nSPS) is 8.42. The summed E-state index contributed by atoms with van der Waals surface area (Å²) in [4.78, 5) is 0. The van der Waals surface area contributed by atoms with E-state index in [-0.39, 0.29) is 18.5 Å². The molecule has 4 nitrogen and oxygen atoms in total. The molecule has 0 radical (unpaired) electrons. The van der Waals surface area contributed by atoms with Crippen molar-refractivity contribution >= 4 is 34.0 Å². The van der Waals surface area contributed by atoms with Crippen LogP contribution in [0.15, 0.2) is 24.3 Å². The van der Waals surface area contributed by atoms with Crippen LogP contribution < -0.4 is 11.5 Å². The van der Waals surface area contributed by atoms with Gasteiger partial charge in [0.1, 0.15) is 0 Å². The van der Waals surface area contributed by atoms with Crippen molar-refractivity contribution in [2.45, 2.75) is 27.7 Å². The second-order valence-corrected chi connectivity index (χ2v) is 6.19. The molecule has 6 heteroatoms. The molecule has 0 atom stereocenters. The van der Waals surface area contributed by atoms with E-state index in [1.165, 1.54) is 14.7 Å². The van der Waals surface area contributed by atoms with Crippen molar-refractivity contribution in [2.24, 2.45) is 0 Å². The largest absolute Gasteiger partial charge is 1.00 e. The van der Waals surface area contributed by atoms with Crippen LogP contribution in [0.5, 0.6) is 0 Å². The molecule has 0 aliphatic rings.